The molecule has 5 rings (SSSR count). The summed E-state index contributed by atoms with van der Waals surface area (Å²) in [4.78, 5) is 0. The maximum absolute atomic E-state index is 15.1. The third-order valence-electron chi connectivity index (χ3n) is 10.2. The first-order chi connectivity index (χ1) is 21.9. The van der Waals surface area contributed by atoms with E-state index < -0.39 is 64.4 Å². The number of hydrogen-bond donors (Lipinski definition) is 0. The second-order valence-corrected chi connectivity index (χ2v) is 13.3. The number of alkyl halides is 5. The van der Waals surface area contributed by atoms with E-state index in [-0.39, 0.29) is 18.8 Å². The minimum Gasteiger partial charge on any atom is -0.432 e. The molecule has 2 saturated carbocycles. The predicted molar refractivity (Wildman–Crippen MR) is 157 cm³/mol. The SMILES string of the molecule is CCCCCC1CCC(C2COC(C3CCC(C(F)(F)Oc4ccc(-c5cc(F)c(C(F)(F)F)c(F)c5)c(F)c4)CC3)OC2)CC1. The van der Waals surface area contributed by atoms with Gasteiger partial charge in [-0.3, -0.25) is 0 Å². The van der Waals surface area contributed by atoms with Crippen LogP contribution in [0.15, 0.2) is 30.3 Å². The Kier molecular flexibility index (Phi) is 11.2. The van der Waals surface area contributed by atoms with Crippen molar-refractivity contribution < 1.29 is 49.3 Å². The summed E-state index contributed by atoms with van der Waals surface area (Å²) in [5.41, 5.74) is -3.07. The van der Waals surface area contributed by atoms with Gasteiger partial charge in [-0.1, -0.05) is 45.4 Å². The summed E-state index contributed by atoms with van der Waals surface area (Å²) >= 11 is 0. The van der Waals surface area contributed by atoms with Crippen LogP contribution in [0.2, 0.25) is 0 Å². The van der Waals surface area contributed by atoms with Gasteiger partial charge in [0.15, 0.2) is 6.29 Å². The van der Waals surface area contributed by atoms with Crippen LogP contribution in [0.25, 0.3) is 11.1 Å². The van der Waals surface area contributed by atoms with Crippen molar-refractivity contribution in [1.29, 1.82) is 0 Å². The molecule has 3 fully saturated rings. The van der Waals surface area contributed by atoms with Gasteiger partial charge in [-0.25, -0.2) is 13.2 Å². The largest absolute Gasteiger partial charge is 0.432 e. The van der Waals surface area contributed by atoms with E-state index in [9.17, 15) is 26.3 Å². The molecule has 2 aliphatic carbocycles. The summed E-state index contributed by atoms with van der Waals surface area (Å²) in [5, 5.41) is 0. The molecule has 0 unspecified atom stereocenters. The molecule has 256 valence electrons. The fraction of sp³-hybridized carbons (Fsp3) is 0.657. The molecule has 0 bridgehead atoms. The number of unbranched alkanes of at least 4 members (excludes halogenated alkanes) is 2. The van der Waals surface area contributed by atoms with Crippen LogP contribution in [0.5, 0.6) is 5.75 Å². The van der Waals surface area contributed by atoms with E-state index in [0.29, 0.717) is 56.1 Å². The number of halogens is 8. The molecule has 0 spiro atoms. The summed E-state index contributed by atoms with van der Waals surface area (Å²) in [6.07, 6.45) is 2.04. The van der Waals surface area contributed by atoms with Crippen LogP contribution >= 0.6 is 0 Å². The van der Waals surface area contributed by atoms with Gasteiger partial charge in [-0.2, -0.15) is 22.0 Å². The molecule has 11 heteroatoms. The molecule has 0 amide bonds. The van der Waals surface area contributed by atoms with Gasteiger partial charge in [-0.05, 0) is 80.2 Å². The van der Waals surface area contributed by atoms with Crippen molar-refractivity contribution in [3.8, 4) is 16.9 Å². The van der Waals surface area contributed by atoms with Crippen LogP contribution in [0, 0.1) is 47.0 Å². The third-order valence-corrected chi connectivity index (χ3v) is 10.2. The molecule has 46 heavy (non-hydrogen) atoms. The zero-order valence-electron chi connectivity index (χ0n) is 26.0. The Hall–Kier alpha value is -2.40. The van der Waals surface area contributed by atoms with Gasteiger partial charge >= 0.3 is 12.3 Å². The van der Waals surface area contributed by atoms with Crippen LogP contribution in [0.1, 0.15) is 89.5 Å². The van der Waals surface area contributed by atoms with Crippen LogP contribution < -0.4 is 4.74 Å². The van der Waals surface area contributed by atoms with Crippen molar-refractivity contribution in [3.05, 3.63) is 53.3 Å². The molecule has 1 aliphatic heterocycles. The van der Waals surface area contributed by atoms with Gasteiger partial charge < -0.3 is 14.2 Å². The van der Waals surface area contributed by atoms with Crippen LogP contribution in [-0.2, 0) is 15.7 Å². The second-order valence-electron chi connectivity index (χ2n) is 13.3. The maximum Gasteiger partial charge on any atom is 0.422 e. The van der Waals surface area contributed by atoms with Crippen molar-refractivity contribution >= 4 is 0 Å². The van der Waals surface area contributed by atoms with E-state index in [1.54, 1.807) is 0 Å². The molecule has 1 heterocycles. The van der Waals surface area contributed by atoms with Gasteiger partial charge in [0.25, 0.3) is 0 Å². The number of hydrogen-bond acceptors (Lipinski definition) is 3. The Balaban J connectivity index is 1.09. The number of ether oxygens (including phenoxy) is 3. The first-order valence-electron chi connectivity index (χ1n) is 16.5. The highest BCUT2D eigenvalue weighted by molar-refractivity contribution is 5.66. The molecule has 0 N–H and O–H groups in total. The summed E-state index contributed by atoms with van der Waals surface area (Å²) in [6.45, 7) is 3.48. The highest BCUT2D eigenvalue weighted by Gasteiger charge is 2.46. The molecule has 0 aromatic heterocycles. The first kappa shape index (κ1) is 34.9. The maximum atomic E-state index is 15.1. The monoisotopic (exact) mass is 662 g/mol. The Bertz CT molecular complexity index is 1270. The van der Waals surface area contributed by atoms with E-state index in [4.69, 9.17) is 14.2 Å². The summed E-state index contributed by atoms with van der Waals surface area (Å²) in [5.74, 6) is -4.86. The highest BCUT2D eigenvalue weighted by Crippen LogP contribution is 2.44. The van der Waals surface area contributed by atoms with E-state index in [1.807, 2.05) is 0 Å². The van der Waals surface area contributed by atoms with E-state index in [0.717, 1.165) is 18.1 Å². The number of rotatable bonds is 10. The Morgan fingerprint density at radius 2 is 1.33 bits per heavy atom. The summed E-state index contributed by atoms with van der Waals surface area (Å²) in [6, 6.07) is 3.24. The summed E-state index contributed by atoms with van der Waals surface area (Å²) in [7, 11) is 0. The molecule has 2 aromatic carbocycles. The predicted octanol–water partition coefficient (Wildman–Crippen LogP) is 10.9. The molecule has 0 atom stereocenters. The van der Waals surface area contributed by atoms with E-state index >= 15 is 8.78 Å². The molecule has 0 radical (unpaired) electrons. The molecular formula is C35H42F8O3. The smallest absolute Gasteiger partial charge is 0.422 e. The van der Waals surface area contributed by atoms with E-state index in [2.05, 4.69) is 6.92 Å². The Morgan fingerprint density at radius 3 is 1.89 bits per heavy atom. The van der Waals surface area contributed by atoms with Crippen molar-refractivity contribution in [3.63, 3.8) is 0 Å². The lowest BCUT2D eigenvalue weighted by atomic mass is 9.74. The zero-order chi connectivity index (χ0) is 33.1. The van der Waals surface area contributed by atoms with Gasteiger partial charge in [0, 0.05) is 23.5 Å². The number of benzene rings is 2. The average molecular weight is 663 g/mol. The normalized spacial score (nSPS) is 27.8. The lowest BCUT2D eigenvalue weighted by Crippen LogP contribution is -2.43. The van der Waals surface area contributed by atoms with Crippen molar-refractivity contribution in [2.24, 2.45) is 29.6 Å². The van der Waals surface area contributed by atoms with Crippen LogP contribution in [0.4, 0.5) is 35.1 Å². The lowest BCUT2D eigenvalue weighted by Gasteiger charge is -2.41. The minimum absolute atomic E-state index is 0.0106. The second kappa shape index (κ2) is 14.8. The van der Waals surface area contributed by atoms with Crippen molar-refractivity contribution in [2.75, 3.05) is 13.2 Å². The zero-order valence-corrected chi connectivity index (χ0v) is 26.0. The van der Waals surface area contributed by atoms with Gasteiger partial charge in [0.2, 0.25) is 0 Å². The summed E-state index contributed by atoms with van der Waals surface area (Å²) < 4.78 is 129. The molecular weight excluding hydrogens is 620 g/mol. The molecule has 3 nitrogen and oxygen atoms in total. The standard InChI is InChI=1S/C35H42F8O3/c1-2-3-4-5-21-6-8-22(9-7-21)25-19-44-33(45-20-25)23-10-12-26(13-11-23)35(42,43)46-27-14-15-28(29(36)18-27)24-16-30(37)32(31(38)17-24)34(39,40)41/h14-18,21-23,25-26,33H,2-13,19-20H2,1H3. The van der Waals surface area contributed by atoms with Gasteiger partial charge in [0.05, 0.1) is 19.1 Å². The fourth-order valence-electron chi connectivity index (χ4n) is 7.47. The average Bonchev–Trinajstić information content (AvgIpc) is 3.00. The Morgan fingerprint density at radius 1 is 0.717 bits per heavy atom. The van der Waals surface area contributed by atoms with Crippen molar-refractivity contribution in [1.82, 2.24) is 0 Å². The van der Waals surface area contributed by atoms with Crippen LogP contribution in [0.3, 0.4) is 0 Å². The van der Waals surface area contributed by atoms with Crippen molar-refractivity contribution in [2.45, 2.75) is 103 Å². The minimum atomic E-state index is -5.28. The quantitative estimate of drug-likeness (QED) is 0.187. The van der Waals surface area contributed by atoms with Gasteiger partial charge in [-0.15, -0.1) is 0 Å². The Labute approximate surface area is 265 Å². The van der Waals surface area contributed by atoms with Gasteiger partial charge in [0.1, 0.15) is 28.8 Å². The topological polar surface area (TPSA) is 27.7 Å². The first-order valence-corrected chi connectivity index (χ1v) is 16.5. The third kappa shape index (κ3) is 8.35. The van der Waals surface area contributed by atoms with E-state index in [1.165, 1.54) is 51.4 Å². The van der Waals surface area contributed by atoms with Crippen LogP contribution in [-0.4, -0.2) is 25.6 Å². The fourth-order valence-corrected chi connectivity index (χ4v) is 7.47. The lowest BCUT2D eigenvalue weighted by molar-refractivity contribution is -0.251. The molecule has 3 aliphatic rings. The highest BCUT2D eigenvalue weighted by atomic mass is 19.4. The molecule has 1 saturated heterocycles. The molecule has 2 aromatic rings.